The minimum atomic E-state index is -0.370. The normalized spacial score (nSPS) is 13.8. The predicted molar refractivity (Wildman–Crippen MR) is 89.1 cm³/mol. The molecule has 1 unspecified atom stereocenters. The first-order valence-electron chi connectivity index (χ1n) is 8.81. The van der Waals surface area contributed by atoms with Gasteiger partial charge in [-0.3, -0.25) is 14.5 Å². The standard InChI is InChI=1S/C18H35NO2/c1-6-10-12-13-15-18(5,14-11-7-2)17(21)19(9-4)16(20)8-3/h6-15H2,1-5H3. The summed E-state index contributed by atoms with van der Waals surface area (Å²) in [6, 6.07) is 0. The summed E-state index contributed by atoms with van der Waals surface area (Å²) >= 11 is 0. The lowest BCUT2D eigenvalue weighted by Gasteiger charge is -2.33. The minimum Gasteiger partial charge on any atom is -0.282 e. The second-order valence-corrected chi connectivity index (χ2v) is 6.27. The Morgan fingerprint density at radius 1 is 0.857 bits per heavy atom. The largest absolute Gasteiger partial charge is 0.282 e. The number of carbonyl (C=O) groups excluding carboxylic acids is 2. The van der Waals surface area contributed by atoms with E-state index in [0.29, 0.717) is 13.0 Å². The average molecular weight is 297 g/mol. The molecule has 0 radical (unpaired) electrons. The van der Waals surface area contributed by atoms with Crippen LogP contribution in [0.1, 0.15) is 92.4 Å². The van der Waals surface area contributed by atoms with E-state index in [9.17, 15) is 9.59 Å². The lowest BCUT2D eigenvalue weighted by atomic mass is 9.78. The van der Waals surface area contributed by atoms with Crippen LogP contribution in [0.25, 0.3) is 0 Å². The van der Waals surface area contributed by atoms with Gasteiger partial charge in [0.2, 0.25) is 11.8 Å². The van der Waals surface area contributed by atoms with Gasteiger partial charge in [0, 0.05) is 18.4 Å². The molecule has 21 heavy (non-hydrogen) atoms. The molecule has 0 fully saturated rings. The molecule has 0 bridgehead atoms. The molecule has 1 atom stereocenters. The lowest BCUT2D eigenvalue weighted by Crippen LogP contribution is -2.45. The number of carbonyl (C=O) groups is 2. The molecule has 0 aliphatic carbocycles. The number of hydrogen-bond donors (Lipinski definition) is 0. The van der Waals surface area contributed by atoms with Gasteiger partial charge in [0.25, 0.3) is 0 Å². The van der Waals surface area contributed by atoms with Crippen molar-refractivity contribution < 1.29 is 9.59 Å². The molecule has 0 aromatic heterocycles. The van der Waals surface area contributed by atoms with E-state index in [1.807, 2.05) is 13.8 Å². The second kappa shape index (κ2) is 10.8. The monoisotopic (exact) mass is 297 g/mol. The molecular formula is C18H35NO2. The molecular weight excluding hydrogens is 262 g/mol. The van der Waals surface area contributed by atoms with Crippen LogP contribution in [-0.2, 0) is 9.59 Å². The van der Waals surface area contributed by atoms with Crippen molar-refractivity contribution in [2.24, 2.45) is 5.41 Å². The van der Waals surface area contributed by atoms with Crippen molar-refractivity contribution in [3.63, 3.8) is 0 Å². The summed E-state index contributed by atoms with van der Waals surface area (Å²) in [5.74, 6) is 0.000537. The number of rotatable bonds is 11. The molecule has 0 saturated carbocycles. The molecule has 2 amide bonds. The first-order chi connectivity index (χ1) is 9.96. The number of hydrogen-bond acceptors (Lipinski definition) is 2. The fourth-order valence-electron chi connectivity index (χ4n) is 2.80. The van der Waals surface area contributed by atoms with Gasteiger partial charge in [0.15, 0.2) is 0 Å². The van der Waals surface area contributed by atoms with E-state index >= 15 is 0 Å². The Labute approximate surface area is 131 Å². The van der Waals surface area contributed by atoms with Crippen molar-refractivity contribution in [2.45, 2.75) is 92.4 Å². The first-order valence-corrected chi connectivity index (χ1v) is 8.81. The van der Waals surface area contributed by atoms with E-state index in [-0.39, 0.29) is 17.2 Å². The zero-order valence-corrected chi connectivity index (χ0v) is 14.8. The van der Waals surface area contributed by atoms with Crippen LogP contribution in [0, 0.1) is 5.41 Å². The first kappa shape index (κ1) is 20.1. The molecule has 3 nitrogen and oxygen atoms in total. The van der Waals surface area contributed by atoms with Crippen LogP contribution >= 0.6 is 0 Å². The maximum Gasteiger partial charge on any atom is 0.235 e. The van der Waals surface area contributed by atoms with E-state index in [1.54, 1.807) is 0 Å². The zero-order chi connectivity index (χ0) is 16.3. The van der Waals surface area contributed by atoms with Crippen molar-refractivity contribution in [2.75, 3.05) is 6.54 Å². The molecule has 0 saturated heterocycles. The van der Waals surface area contributed by atoms with Crippen LogP contribution in [0.4, 0.5) is 0 Å². The maximum atomic E-state index is 12.9. The van der Waals surface area contributed by atoms with Gasteiger partial charge in [-0.05, 0) is 19.8 Å². The zero-order valence-electron chi connectivity index (χ0n) is 14.8. The molecule has 3 heteroatoms. The Bertz CT molecular complexity index is 314. The van der Waals surface area contributed by atoms with E-state index in [4.69, 9.17) is 0 Å². The van der Waals surface area contributed by atoms with Crippen LogP contribution < -0.4 is 0 Å². The molecule has 0 rings (SSSR count). The smallest absolute Gasteiger partial charge is 0.235 e. The van der Waals surface area contributed by atoms with Crippen LogP contribution in [-0.4, -0.2) is 23.3 Å². The summed E-state index contributed by atoms with van der Waals surface area (Å²) in [5.41, 5.74) is -0.370. The fourth-order valence-corrected chi connectivity index (χ4v) is 2.80. The third kappa shape index (κ3) is 6.62. The molecule has 0 aromatic rings. The van der Waals surface area contributed by atoms with Gasteiger partial charge >= 0.3 is 0 Å². The van der Waals surface area contributed by atoms with Gasteiger partial charge in [-0.25, -0.2) is 0 Å². The fraction of sp³-hybridized carbons (Fsp3) is 0.889. The van der Waals surface area contributed by atoms with Gasteiger partial charge in [0.1, 0.15) is 0 Å². The number of amides is 2. The Balaban J connectivity index is 4.90. The van der Waals surface area contributed by atoms with Gasteiger partial charge in [-0.1, -0.05) is 66.2 Å². The van der Waals surface area contributed by atoms with Crippen LogP contribution in [0.5, 0.6) is 0 Å². The van der Waals surface area contributed by atoms with Gasteiger partial charge in [0.05, 0.1) is 0 Å². The molecule has 0 aliphatic heterocycles. The lowest BCUT2D eigenvalue weighted by molar-refractivity contribution is -0.151. The SMILES string of the molecule is CCCCCCC(C)(CCCC)C(=O)N(CC)C(=O)CC. The summed E-state index contributed by atoms with van der Waals surface area (Å²) in [6.07, 6.45) is 9.02. The van der Waals surface area contributed by atoms with Crippen LogP contribution in [0.3, 0.4) is 0 Å². The molecule has 0 spiro atoms. The van der Waals surface area contributed by atoms with E-state index < -0.39 is 0 Å². The number of imide groups is 1. The van der Waals surface area contributed by atoms with Gasteiger partial charge < -0.3 is 0 Å². The molecule has 0 aromatic carbocycles. The Morgan fingerprint density at radius 2 is 1.43 bits per heavy atom. The highest BCUT2D eigenvalue weighted by atomic mass is 16.2. The average Bonchev–Trinajstić information content (AvgIpc) is 2.49. The Hall–Kier alpha value is -0.860. The highest BCUT2D eigenvalue weighted by Gasteiger charge is 2.36. The van der Waals surface area contributed by atoms with Crippen molar-refractivity contribution in [1.82, 2.24) is 4.90 Å². The van der Waals surface area contributed by atoms with E-state index in [0.717, 1.165) is 32.1 Å². The topological polar surface area (TPSA) is 37.4 Å². The molecule has 0 aliphatic rings. The highest BCUT2D eigenvalue weighted by molar-refractivity contribution is 5.97. The summed E-state index contributed by atoms with van der Waals surface area (Å²) in [6.45, 7) is 10.6. The molecule has 0 heterocycles. The molecule has 0 N–H and O–H groups in total. The molecule has 124 valence electrons. The number of unbranched alkanes of at least 4 members (excludes halogenated alkanes) is 4. The highest BCUT2D eigenvalue weighted by Crippen LogP contribution is 2.33. The third-order valence-electron chi connectivity index (χ3n) is 4.35. The predicted octanol–water partition coefficient (Wildman–Crippen LogP) is 4.94. The van der Waals surface area contributed by atoms with Crippen molar-refractivity contribution in [3.8, 4) is 0 Å². The Kier molecular flexibility index (Phi) is 10.4. The van der Waals surface area contributed by atoms with Crippen LogP contribution in [0.2, 0.25) is 0 Å². The van der Waals surface area contributed by atoms with Crippen molar-refractivity contribution in [1.29, 1.82) is 0 Å². The van der Waals surface area contributed by atoms with Gasteiger partial charge in [-0.2, -0.15) is 0 Å². The van der Waals surface area contributed by atoms with Gasteiger partial charge in [-0.15, -0.1) is 0 Å². The third-order valence-corrected chi connectivity index (χ3v) is 4.35. The second-order valence-electron chi connectivity index (χ2n) is 6.27. The minimum absolute atomic E-state index is 0.0428. The quantitative estimate of drug-likeness (QED) is 0.507. The summed E-state index contributed by atoms with van der Waals surface area (Å²) in [7, 11) is 0. The summed E-state index contributed by atoms with van der Waals surface area (Å²) in [5, 5.41) is 0. The Morgan fingerprint density at radius 3 is 1.90 bits per heavy atom. The van der Waals surface area contributed by atoms with E-state index in [1.165, 1.54) is 24.2 Å². The van der Waals surface area contributed by atoms with E-state index in [2.05, 4.69) is 20.8 Å². The summed E-state index contributed by atoms with van der Waals surface area (Å²) < 4.78 is 0. The number of nitrogens with zero attached hydrogens (tertiary/aromatic N) is 1. The van der Waals surface area contributed by atoms with Crippen molar-refractivity contribution in [3.05, 3.63) is 0 Å². The van der Waals surface area contributed by atoms with Crippen molar-refractivity contribution >= 4 is 11.8 Å². The summed E-state index contributed by atoms with van der Waals surface area (Å²) in [4.78, 5) is 26.3. The maximum absolute atomic E-state index is 12.9. The van der Waals surface area contributed by atoms with Crippen LogP contribution in [0.15, 0.2) is 0 Å².